The smallest absolute Gasteiger partial charge is 0.133 e. The zero-order valence-electron chi connectivity index (χ0n) is 6.89. The van der Waals surface area contributed by atoms with Gasteiger partial charge in [-0.25, -0.2) is 0 Å². The van der Waals surface area contributed by atoms with Crippen molar-refractivity contribution in [1.29, 1.82) is 0 Å². The van der Waals surface area contributed by atoms with Crippen molar-refractivity contribution < 1.29 is 4.79 Å². The van der Waals surface area contributed by atoms with Crippen molar-refractivity contribution in [2.75, 3.05) is 0 Å². The second kappa shape index (κ2) is 6.53. The normalized spacial score (nSPS) is 10.6. The summed E-state index contributed by atoms with van der Waals surface area (Å²) in [6.45, 7) is 3.78. The van der Waals surface area contributed by atoms with Crippen molar-refractivity contribution in [3.05, 3.63) is 12.2 Å². The summed E-state index contributed by atoms with van der Waals surface area (Å²) < 4.78 is 0. The van der Waals surface area contributed by atoms with E-state index in [0.29, 0.717) is 6.42 Å². The molecule has 0 radical (unpaired) electrons. The molecule has 0 amide bonds. The summed E-state index contributed by atoms with van der Waals surface area (Å²) in [6.07, 6.45) is 8.22. The van der Waals surface area contributed by atoms with E-state index in [1.54, 1.807) is 6.92 Å². The lowest BCUT2D eigenvalue weighted by Gasteiger charge is -1.87. The predicted molar refractivity (Wildman–Crippen MR) is 44.0 cm³/mol. The Labute approximate surface area is 63.1 Å². The van der Waals surface area contributed by atoms with Crippen LogP contribution in [0.2, 0.25) is 0 Å². The maximum absolute atomic E-state index is 10.4. The Morgan fingerprint density at radius 1 is 1.40 bits per heavy atom. The van der Waals surface area contributed by atoms with Gasteiger partial charge in [0.2, 0.25) is 0 Å². The number of unbranched alkanes of at least 4 members (excludes halogenated alkanes) is 2. The van der Waals surface area contributed by atoms with Crippen LogP contribution in [-0.4, -0.2) is 5.78 Å². The Bertz CT molecular complexity index is 114. The van der Waals surface area contributed by atoms with Crippen LogP contribution in [0.5, 0.6) is 0 Å². The molecule has 0 bridgehead atoms. The van der Waals surface area contributed by atoms with Gasteiger partial charge in [0.05, 0.1) is 0 Å². The van der Waals surface area contributed by atoms with Crippen molar-refractivity contribution in [1.82, 2.24) is 0 Å². The summed E-state index contributed by atoms with van der Waals surface area (Å²) >= 11 is 0. The zero-order chi connectivity index (χ0) is 7.82. The van der Waals surface area contributed by atoms with Crippen LogP contribution in [0.15, 0.2) is 12.2 Å². The molecule has 0 rings (SSSR count). The molecule has 0 N–H and O–H groups in total. The fourth-order valence-corrected chi connectivity index (χ4v) is 0.689. The molecule has 0 saturated carbocycles. The van der Waals surface area contributed by atoms with Crippen molar-refractivity contribution >= 4 is 5.78 Å². The molecular formula is C9H16O. The number of ketones is 1. The summed E-state index contributed by atoms with van der Waals surface area (Å²) in [4.78, 5) is 10.4. The number of carbonyl (C=O) groups is 1. The topological polar surface area (TPSA) is 17.1 Å². The molecule has 0 aliphatic rings. The Hall–Kier alpha value is -0.590. The molecule has 1 heteroatoms. The summed E-state index contributed by atoms with van der Waals surface area (Å²) in [7, 11) is 0. The fourth-order valence-electron chi connectivity index (χ4n) is 0.689. The first kappa shape index (κ1) is 9.41. The van der Waals surface area contributed by atoms with Gasteiger partial charge < -0.3 is 0 Å². The first-order valence-corrected chi connectivity index (χ1v) is 3.91. The van der Waals surface area contributed by atoms with Crippen molar-refractivity contribution in [3.63, 3.8) is 0 Å². The molecule has 10 heavy (non-hydrogen) atoms. The molecule has 0 heterocycles. The van der Waals surface area contributed by atoms with E-state index in [-0.39, 0.29) is 5.78 Å². The second-order valence-electron chi connectivity index (χ2n) is 2.52. The molecule has 0 spiro atoms. The molecule has 0 atom stereocenters. The number of Topliss-reactive ketones (excluding diaryl/α,β-unsaturated/α-hetero) is 1. The minimum Gasteiger partial charge on any atom is -0.300 e. The first-order valence-electron chi connectivity index (χ1n) is 3.91. The van der Waals surface area contributed by atoms with Crippen LogP contribution in [0.3, 0.4) is 0 Å². The monoisotopic (exact) mass is 140 g/mol. The fraction of sp³-hybridized carbons (Fsp3) is 0.667. The van der Waals surface area contributed by atoms with E-state index in [1.807, 2.05) is 6.08 Å². The molecule has 0 fully saturated rings. The van der Waals surface area contributed by atoms with Crippen LogP contribution >= 0.6 is 0 Å². The largest absolute Gasteiger partial charge is 0.300 e. The van der Waals surface area contributed by atoms with Crippen LogP contribution in [0.25, 0.3) is 0 Å². The van der Waals surface area contributed by atoms with Gasteiger partial charge in [0.25, 0.3) is 0 Å². The van der Waals surface area contributed by atoms with E-state index >= 15 is 0 Å². The lowest BCUT2D eigenvalue weighted by molar-refractivity contribution is -0.116. The van der Waals surface area contributed by atoms with E-state index < -0.39 is 0 Å². The highest BCUT2D eigenvalue weighted by Gasteiger charge is 1.84. The molecule has 1 nitrogen and oxygen atoms in total. The highest BCUT2D eigenvalue weighted by molar-refractivity contribution is 5.76. The summed E-state index contributed by atoms with van der Waals surface area (Å²) in [5.74, 6) is 0.243. The Morgan fingerprint density at radius 2 is 2.10 bits per heavy atom. The van der Waals surface area contributed by atoms with E-state index in [0.717, 1.165) is 6.42 Å². The second-order valence-corrected chi connectivity index (χ2v) is 2.52. The Kier molecular flexibility index (Phi) is 6.14. The van der Waals surface area contributed by atoms with Crippen LogP contribution < -0.4 is 0 Å². The lowest BCUT2D eigenvalue weighted by Crippen LogP contribution is -1.83. The van der Waals surface area contributed by atoms with Gasteiger partial charge in [-0.3, -0.25) is 4.79 Å². The SMILES string of the molecule is CCCC/C=C\CC(C)=O. The number of rotatable bonds is 5. The third kappa shape index (κ3) is 7.41. The van der Waals surface area contributed by atoms with E-state index in [9.17, 15) is 4.79 Å². The molecule has 0 aromatic heterocycles. The van der Waals surface area contributed by atoms with Gasteiger partial charge in [0.15, 0.2) is 0 Å². The summed E-state index contributed by atoms with van der Waals surface area (Å²) in [5.41, 5.74) is 0. The van der Waals surface area contributed by atoms with Gasteiger partial charge in [0.1, 0.15) is 5.78 Å². The molecule has 0 aromatic rings. The van der Waals surface area contributed by atoms with Crippen LogP contribution in [0.4, 0.5) is 0 Å². The predicted octanol–water partition coefficient (Wildman–Crippen LogP) is 2.71. The van der Waals surface area contributed by atoms with Gasteiger partial charge >= 0.3 is 0 Å². The van der Waals surface area contributed by atoms with Gasteiger partial charge in [-0.05, 0) is 13.3 Å². The van der Waals surface area contributed by atoms with E-state index in [4.69, 9.17) is 0 Å². The van der Waals surface area contributed by atoms with Crippen LogP contribution in [0.1, 0.15) is 39.5 Å². The molecule has 0 aliphatic heterocycles. The molecule has 0 unspecified atom stereocenters. The molecular weight excluding hydrogens is 124 g/mol. The standard InChI is InChI=1S/C9H16O/c1-3-4-5-6-7-8-9(2)10/h6-7H,3-5,8H2,1-2H3/b7-6-. The Balaban J connectivity index is 3.12. The van der Waals surface area contributed by atoms with E-state index in [2.05, 4.69) is 13.0 Å². The van der Waals surface area contributed by atoms with Gasteiger partial charge in [-0.1, -0.05) is 31.9 Å². The van der Waals surface area contributed by atoms with Crippen molar-refractivity contribution in [2.24, 2.45) is 0 Å². The highest BCUT2D eigenvalue weighted by atomic mass is 16.1. The third-order valence-electron chi connectivity index (χ3n) is 1.30. The van der Waals surface area contributed by atoms with Crippen molar-refractivity contribution in [2.45, 2.75) is 39.5 Å². The minimum atomic E-state index is 0.243. The molecule has 0 saturated heterocycles. The third-order valence-corrected chi connectivity index (χ3v) is 1.30. The highest BCUT2D eigenvalue weighted by Crippen LogP contribution is 1.95. The molecule has 58 valence electrons. The van der Waals surface area contributed by atoms with Gasteiger partial charge in [-0.15, -0.1) is 0 Å². The van der Waals surface area contributed by atoms with Gasteiger partial charge in [-0.2, -0.15) is 0 Å². The number of hydrogen-bond acceptors (Lipinski definition) is 1. The van der Waals surface area contributed by atoms with Crippen molar-refractivity contribution in [3.8, 4) is 0 Å². The van der Waals surface area contributed by atoms with Crippen LogP contribution in [-0.2, 0) is 4.79 Å². The quantitative estimate of drug-likeness (QED) is 0.424. The number of carbonyl (C=O) groups excluding carboxylic acids is 1. The van der Waals surface area contributed by atoms with E-state index in [1.165, 1.54) is 12.8 Å². The lowest BCUT2D eigenvalue weighted by atomic mass is 10.2. The van der Waals surface area contributed by atoms with Gasteiger partial charge in [0, 0.05) is 6.42 Å². The average molecular weight is 140 g/mol. The maximum atomic E-state index is 10.4. The minimum absolute atomic E-state index is 0.243. The summed E-state index contributed by atoms with van der Waals surface area (Å²) in [5, 5.41) is 0. The summed E-state index contributed by atoms with van der Waals surface area (Å²) in [6, 6.07) is 0. The molecule has 0 aromatic carbocycles. The molecule has 0 aliphatic carbocycles. The maximum Gasteiger partial charge on any atom is 0.133 e. The Morgan fingerprint density at radius 3 is 2.60 bits per heavy atom. The van der Waals surface area contributed by atoms with Crippen LogP contribution in [0, 0.1) is 0 Å². The first-order chi connectivity index (χ1) is 4.77. The zero-order valence-corrected chi connectivity index (χ0v) is 6.89. The average Bonchev–Trinajstić information content (AvgIpc) is 1.87. The number of hydrogen-bond donors (Lipinski definition) is 0. The number of allylic oxidation sites excluding steroid dienone is 2.